The maximum atomic E-state index is 12.9. The van der Waals surface area contributed by atoms with Gasteiger partial charge in [-0.15, -0.1) is 13.2 Å². The second kappa shape index (κ2) is 7.83. The van der Waals surface area contributed by atoms with Crippen molar-refractivity contribution in [1.29, 1.82) is 0 Å². The zero-order chi connectivity index (χ0) is 18.5. The highest BCUT2D eigenvalue weighted by molar-refractivity contribution is 5.84. The fourth-order valence-electron chi connectivity index (χ4n) is 3.07. The van der Waals surface area contributed by atoms with Crippen molar-refractivity contribution >= 4 is 16.9 Å². The minimum absolute atomic E-state index is 0.0156. The van der Waals surface area contributed by atoms with E-state index in [0.29, 0.717) is 13.1 Å². The van der Waals surface area contributed by atoms with Gasteiger partial charge in [0, 0.05) is 18.7 Å². The largest absolute Gasteiger partial charge is 0.334 e. The summed E-state index contributed by atoms with van der Waals surface area (Å²) in [6.07, 6.45) is 3.46. The Bertz CT molecular complexity index is 945. The van der Waals surface area contributed by atoms with E-state index in [-0.39, 0.29) is 12.5 Å². The molecule has 3 aromatic rings. The molecular formula is C22H23N3O. The SMILES string of the molecule is C=CCN(CC=C)C(=O)Cn1c(-c2cccc(C)c2)nc2ccccc21. The fourth-order valence-corrected chi connectivity index (χ4v) is 3.07. The summed E-state index contributed by atoms with van der Waals surface area (Å²) in [7, 11) is 0. The molecule has 3 rings (SSSR count). The lowest BCUT2D eigenvalue weighted by Gasteiger charge is -2.20. The molecule has 0 bridgehead atoms. The number of imidazole rings is 1. The Morgan fingerprint density at radius 1 is 1.12 bits per heavy atom. The summed E-state index contributed by atoms with van der Waals surface area (Å²) in [4.78, 5) is 19.4. The van der Waals surface area contributed by atoms with Crippen LogP contribution in [0.1, 0.15) is 5.56 Å². The maximum absolute atomic E-state index is 12.9. The smallest absolute Gasteiger partial charge is 0.243 e. The summed E-state index contributed by atoms with van der Waals surface area (Å²) < 4.78 is 1.99. The van der Waals surface area contributed by atoms with E-state index < -0.39 is 0 Å². The van der Waals surface area contributed by atoms with Crippen LogP contribution in [0.2, 0.25) is 0 Å². The predicted molar refractivity (Wildman–Crippen MR) is 107 cm³/mol. The number of hydrogen-bond donors (Lipinski definition) is 0. The molecule has 0 spiro atoms. The molecule has 4 heteroatoms. The molecule has 0 aliphatic carbocycles. The van der Waals surface area contributed by atoms with Crippen LogP contribution >= 0.6 is 0 Å². The second-order valence-electron chi connectivity index (χ2n) is 6.26. The van der Waals surface area contributed by atoms with Crippen molar-refractivity contribution in [3.63, 3.8) is 0 Å². The predicted octanol–water partition coefficient (Wildman–Crippen LogP) is 4.21. The molecule has 1 aromatic heterocycles. The summed E-state index contributed by atoms with van der Waals surface area (Å²) in [5.41, 5.74) is 4.01. The highest BCUT2D eigenvalue weighted by Crippen LogP contribution is 2.25. The van der Waals surface area contributed by atoms with Gasteiger partial charge in [0.05, 0.1) is 11.0 Å². The maximum Gasteiger partial charge on any atom is 0.243 e. The Hall–Kier alpha value is -3.14. The molecule has 0 N–H and O–H groups in total. The first-order valence-electron chi connectivity index (χ1n) is 8.66. The number of nitrogens with zero attached hydrogens (tertiary/aromatic N) is 3. The van der Waals surface area contributed by atoms with Crippen LogP contribution < -0.4 is 0 Å². The van der Waals surface area contributed by atoms with E-state index in [1.807, 2.05) is 41.0 Å². The van der Waals surface area contributed by atoms with Crippen LogP contribution in [-0.2, 0) is 11.3 Å². The number of benzene rings is 2. The van der Waals surface area contributed by atoms with Crippen LogP contribution in [0, 0.1) is 6.92 Å². The Labute approximate surface area is 154 Å². The van der Waals surface area contributed by atoms with Gasteiger partial charge in [-0.1, -0.05) is 48.0 Å². The van der Waals surface area contributed by atoms with Crippen LogP contribution in [0.5, 0.6) is 0 Å². The third-order valence-electron chi connectivity index (χ3n) is 4.28. The normalized spacial score (nSPS) is 10.7. The van der Waals surface area contributed by atoms with Crippen molar-refractivity contribution in [2.45, 2.75) is 13.5 Å². The van der Waals surface area contributed by atoms with Crippen molar-refractivity contribution in [3.8, 4) is 11.4 Å². The van der Waals surface area contributed by atoms with Crippen LogP contribution in [0.4, 0.5) is 0 Å². The molecule has 0 saturated heterocycles. The second-order valence-corrected chi connectivity index (χ2v) is 6.26. The third kappa shape index (κ3) is 3.59. The van der Waals surface area contributed by atoms with Gasteiger partial charge in [0.2, 0.25) is 5.91 Å². The molecule has 2 aromatic carbocycles. The highest BCUT2D eigenvalue weighted by atomic mass is 16.2. The number of amides is 1. The van der Waals surface area contributed by atoms with Gasteiger partial charge in [-0.05, 0) is 25.1 Å². The van der Waals surface area contributed by atoms with Crippen molar-refractivity contribution in [2.24, 2.45) is 0 Å². The first kappa shape index (κ1) is 17.7. The Kier molecular flexibility index (Phi) is 5.32. The third-order valence-corrected chi connectivity index (χ3v) is 4.28. The van der Waals surface area contributed by atoms with Gasteiger partial charge >= 0.3 is 0 Å². The van der Waals surface area contributed by atoms with Crippen LogP contribution in [0.25, 0.3) is 22.4 Å². The number of fused-ring (bicyclic) bond motifs is 1. The Morgan fingerprint density at radius 3 is 2.54 bits per heavy atom. The van der Waals surface area contributed by atoms with Crippen molar-refractivity contribution in [2.75, 3.05) is 13.1 Å². The van der Waals surface area contributed by atoms with Gasteiger partial charge < -0.3 is 9.47 Å². The van der Waals surface area contributed by atoms with Gasteiger partial charge in [-0.25, -0.2) is 4.98 Å². The molecule has 4 nitrogen and oxygen atoms in total. The number of rotatable bonds is 7. The monoisotopic (exact) mass is 345 g/mol. The van der Waals surface area contributed by atoms with Crippen LogP contribution in [0.3, 0.4) is 0 Å². The van der Waals surface area contributed by atoms with E-state index in [4.69, 9.17) is 4.98 Å². The van der Waals surface area contributed by atoms with Gasteiger partial charge in [0.1, 0.15) is 12.4 Å². The molecule has 0 unspecified atom stereocenters. The Morgan fingerprint density at radius 2 is 1.85 bits per heavy atom. The molecule has 132 valence electrons. The first-order chi connectivity index (χ1) is 12.6. The average Bonchev–Trinajstić information content (AvgIpc) is 3.00. The van der Waals surface area contributed by atoms with Crippen LogP contribution in [-0.4, -0.2) is 33.4 Å². The molecule has 26 heavy (non-hydrogen) atoms. The van der Waals surface area contributed by atoms with Crippen LogP contribution in [0.15, 0.2) is 73.8 Å². The first-order valence-corrected chi connectivity index (χ1v) is 8.66. The average molecular weight is 345 g/mol. The summed E-state index contributed by atoms with van der Waals surface area (Å²) in [5.74, 6) is 0.822. The van der Waals surface area contributed by atoms with E-state index in [9.17, 15) is 4.79 Å². The number of carbonyl (C=O) groups excluding carboxylic acids is 1. The lowest BCUT2D eigenvalue weighted by molar-refractivity contribution is -0.130. The lowest BCUT2D eigenvalue weighted by atomic mass is 10.1. The zero-order valence-electron chi connectivity index (χ0n) is 15.1. The van der Waals surface area contributed by atoms with Gasteiger partial charge in [-0.3, -0.25) is 4.79 Å². The number of carbonyl (C=O) groups is 1. The van der Waals surface area contributed by atoms with E-state index in [0.717, 1.165) is 28.0 Å². The molecule has 0 aliphatic heterocycles. The number of hydrogen-bond acceptors (Lipinski definition) is 2. The van der Waals surface area contributed by atoms with E-state index in [1.165, 1.54) is 0 Å². The van der Waals surface area contributed by atoms with Gasteiger partial charge in [0.15, 0.2) is 0 Å². The molecular weight excluding hydrogens is 322 g/mol. The summed E-state index contributed by atoms with van der Waals surface area (Å²) in [6.45, 7) is 10.8. The molecule has 1 heterocycles. The molecule has 0 atom stereocenters. The molecule has 0 saturated carbocycles. The number of para-hydroxylation sites is 2. The van der Waals surface area contributed by atoms with Crippen molar-refractivity contribution < 1.29 is 4.79 Å². The quantitative estimate of drug-likeness (QED) is 0.602. The zero-order valence-corrected chi connectivity index (χ0v) is 15.1. The fraction of sp³-hybridized carbons (Fsp3) is 0.182. The van der Waals surface area contributed by atoms with E-state index in [1.54, 1.807) is 17.1 Å². The number of aromatic nitrogens is 2. The molecule has 0 aliphatic rings. The Balaban J connectivity index is 2.06. The minimum Gasteiger partial charge on any atom is -0.334 e. The van der Waals surface area contributed by atoms with Crippen molar-refractivity contribution in [1.82, 2.24) is 14.5 Å². The number of aryl methyl sites for hydroxylation is 1. The van der Waals surface area contributed by atoms with Crippen molar-refractivity contribution in [3.05, 3.63) is 79.4 Å². The van der Waals surface area contributed by atoms with Gasteiger partial charge in [-0.2, -0.15) is 0 Å². The van der Waals surface area contributed by atoms with E-state index >= 15 is 0 Å². The van der Waals surface area contributed by atoms with Gasteiger partial charge in [0.25, 0.3) is 0 Å². The summed E-state index contributed by atoms with van der Waals surface area (Å²) >= 11 is 0. The molecule has 0 fully saturated rings. The standard InChI is InChI=1S/C22H23N3O/c1-4-13-24(14-5-2)21(26)16-25-20-12-7-6-11-19(20)23-22(25)18-10-8-9-17(3)15-18/h4-12,15H,1-2,13-14,16H2,3H3. The van der Waals surface area contributed by atoms with E-state index in [2.05, 4.69) is 32.2 Å². The topological polar surface area (TPSA) is 38.1 Å². The lowest BCUT2D eigenvalue weighted by Crippen LogP contribution is -2.34. The molecule has 0 radical (unpaired) electrons. The summed E-state index contributed by atoms with van der Waals surface area (Å²) in [6, 6.07) is 16.1. The minimum atomic E-state index is 0.0156. The summed E-state index contributed by atoms with van der Waals surface area (Å²) in [5, 5.41) is 0. The highest BCUT2D eigenvalue weighted by Gasteiger charge is 2.18. The molecule has 1 amide bonds.